The first-order valence-electron chi connectivity index (χ1n) is 7.13. The predicted octanol–water partition coefficient (Wildman–Crippen LogP) is 3.90. The maximum absolute atomic E-state index is 13.8. The van der Waals surface area contributed by atoms with E-state index in [2.05, 4.69) is 10.1 Å². The topological polar surface area (TPSA) is 64.9 Å². The zero-order chi connectivity index (χ0) is 13.9. The fourth-order valence-corrected chi connectivity index (χ4v) is 2.75. The van der Waals surface area contributed by atoms with Gasteiger partial charge in [-0.2, -0.15) is 4.98 Å². The number of nitrogens with two attached hydrogens (primary N) is 1. The van der Waals surface area contributed by atoms with Crippen LogP contribution in [-0.4, -0.2) is 10.1 Å². The second kappa shape index (κ2) is 5.61. The Bertz CT molecular complexity index is 589. The first kappa shape index (κ1) is 13.1. The third-order valence-electron chi connectivity index (χ3n) is 3.88. The molecular formula is C15H18FN3O. The summed E-state index contributed by atoms with van der Waals surface area (Å²) in [7, 11) is 0. The van der Waals surface area contributed by atoms with Crippen LogP contribution in [0.3, 0.4) is 0 Å². The van der Waals surface area contributed by atoms with Crippen molar-refractivity contribution in [3.8, 4) is 11.5 Å². The number of nitrogens with zero attached hydrogens (tertiary/aromatic N) is 2. The second-order valence-corrected chi connectivity index (χ2v) is 5.39. The monoisotopic (exact) mass is 275 g/mol. The molecule has 0 saturated heterocycles. The first-order valence-corrected chi connectivity index (χ1v) is 7.13. The van der Waals surface area contributed by atoms with E-state index >= 15 is 0 Å². The molecule has 3 rings (SSSR count). The summed E-state index contributed by atoms with van der Waals surface area (Å²) in [6, 6.07) is 4.36. The van der Waals surface area contributed by atoms with Gasteiger partial charge in [0.25, 0.3) is 5.89 Å². The number of benzene rings is 1. The van der Waals surface area contributed by atoms with Crippen molar-refractivity contribution in [1.82, 2.24) is 10.1 Å². The molecule has 1 heterocycles. The van der Waals surface area contributed by atoms with E-state index in [4.69, 9.17) is 10.3 Å². The molecule has 5 heteroatoms. The van der Waals surface area contributed by atoms with Crippen LogP contribution in [0.25, 0.3) is 11.5 Å². The molecule has 0 bridgehead atoms. The van der Waals surface area contributed by atoms with Gasteiger partial charge in [0, 0.05) is 11.6 Å². The predicted molar refractivity (Wildman–Crippen MR) is 74.5 cm³/mol. The van der Waals surface area contributed by atoms with E-state index in [1.165, 1.54) is 43.9 Å². The highest BCUT2D eigenvalue weighted by atomic mass is 19.1. The largest absolute Gasteiger partial charge is 0.399 e. The molecule has 0 spiro atoms. The average molecular weight is 275 g/mol. The van der Waals surface area contributed by atoms with Crippen molar-refractivity contribution in [1.29, 1.82) is 0 Å². The molecule has 0 unspecified atom stereocenters. The first-order chi connectivity index (χ1) is 9.74. The molecule has 2 N–H and O–H groups in total. The van der Waals surface area contributed by atoms with Gasteiger partial charge in [-0.15, -0.1) is 0 Å². The van der Waals surface area contributed by atoms with Gasteiger partial charge >= 0.3 is 0 Å². The molecule has 1 fully saturated rings. The Kier molecular flexibility index (Phi) is 3.67. The van der Waals surface area contributed by atoms with Crippen LogP contribution in [0.2, 0.25) is 0 Å². The van der Waals surface area contributed by atoms with Crippen LogP contribution in [0, 0.1) is 5.82 Å². The van der Waals surface area contributed by atoms with Crippen LogP contribution in [0.1, 0.15) is 50.3 Å². The number of aromatic nitrogens is 2. The fourth-order valence-electron chi connectivity index (χ4n) is 2.75. The summed E-state index contributed by atoms with van der Waals surface area (Å²) in [6.45, 7) is 0. The molecular weight excluding hydrogens is 257 g/mol. The Balaban J connectivity index is 1.87. The van der Waals surface area contributed by atoms with Gasteiger partial charge in [-0.25, -0.2) is 4.39 Å². The fraction of sp³-hybridized carbons (Fsp3) is 0.467. The van der Waals surface area contributed by atoms with Gasteiger partial charge in [0.05, 0.1) is 5.56 Å². The maximum Gasteiger partial charge on any atom is 0.260 e. The lowest BCUT2D eigenvalue weighted by atomic mass is 10.00. The molecule has 20 heavy (non-hydrogen) atoms. The molecule has 2 aromatic rings. The van der Waals surface area contributed by atoms with E-state index in [0.717, 1.165) is 12.8 Å². The van der Waals surface area contributed by atoms with E-state index in [-0.39, 0.29) is 11.5 Å². The molecule has 0 amide bonds. The van der Waals surface area contributed by atoms with Gasteiger partial charge in [0.1, 0.15) is 5.82 Å². The molecule has 0 atom stereocenters. The van der Waals surface area contributed by atoms with Crippen molar-refractivity contribution in [3.05, 3.63) is 29.8 Å². The molecule has 106 valence electrons. The Hall–Kier alpha value is -1.91. The molecule has 1 aromatic heterocycles. The van der Waals surface area contributed by atoms with E-state index in [0.29, 0.717) is 17.4 Å². The van der Waals surface area contributed by atoms with Gasteiger partial charge in [0.2, 0.25) is 0 Å². The molecule has 1 saturated carbocycles. The van der Waals surface area contributed by atoms with Crippen LogP contribution >= 0.6 is 0 Å². The average Bonchev–Trinajstić information content (AvgIpc) is 2.77. The summed E-state index contributed by atoms with van der Waals surface area (Å²) in [5.74, 6) is 0.854. The van der Waals surface area contributed by atoms with Gasteiger partial charge in [-0.1, -0.05) is 30.8 Å². The molecule has 0 aliphatic heterocycles. The summed E-state index contributed by atoms with van der Waals surface area (Å²) in [4.78, 5) is 4.37. The van der Waals surface area contributed by atoms with E-state index in [9.17, 15) is 4.39 Å². The van der Waals surface area contributed by atoms with Crippen molar-refractivity contribution < 1.29 is 8.91 Å². The Morgan fingerprint density at radius 1 is 1.15 bits per heavy atom. The zero-order valence-electron chi connectivity index (χ0n) is 11.3. The van der Waals surface area contributed by atoms with Gasteiger partial charge in [-0.05, 0) is 31.0 Å². The number of nitrogen functional groups attached to an aromatic ring is 1. The molecule has 4 nitrogen and oxygen atoms in total. The number of hydrogen-bond donors (Lipinski definition) is 1. The summed E-state index contributed by atoms with van der Waals surface area (Å²) in [5.41, 5.74) is 6.44. The SMILES string of the molecule is Nc1ccc(F)c(-c2nc(C3CCCCCC3)no2)c1. The van der Waals surface area contributed by atoms with Crippen molar-refractivity contribution in [2.45, 2.75) is 44.4 Å². The van der Waals surface area contributed by atoms with Crippen LogP contribution in [0.15, 0.2) is 22.7 Å². The van der Waals surface area contributed by atoms with Crippen LogP contribution in [0.5, 0.6) is 0 Å². The third-order valence-corrected chi connectivity index (χ3v) is 3.88. The Labute approximate surface area is 117 Å². The van der Waals surface area contributed by atoms with E-state index < -0.39 is 5.82 Å². The normalized spacial score (nSPS) is 17.1. The standard InChI is InChI=1S/C15H18FN3O/c16-13-8-7-11(17)9-12(13)15-18-14(19-20-15)10-5-3-1-2-4-6-10/h7-10H,1-6,17H2. The molecule has 1 aliphatic rings. The van der Waals surface area contributed by atoms with Crippen molar-refractivity contribution in [2.24, 2.45) is 0 Å². The smallest absolute Gasteiger partial charge is 0.260 e. The minimum atomic E-state index is -0.393. The molecule has 0 radical (unpaired) electrons. The summed E-state index contributed by atoms with van der Waals surface area (Å²) >= 11 is 0. The zero-order valence-corrected chi connectivity index (χ0v) is 11.3. The van der Waals surface area contributed by atoms with Gasteiger partial charge in [-0.3, -0.25) is 0 Å². The van der Waals surface area contributed by atoms with Crippen molar-refractivity contribution in [3.63, 3.8) is 0 Å². The quantitative estimate of drug-likeness (QED) is 0.667. The van der Waals surface area contributed by atoms with E-state index in [1.54, 1.807) is 0 Å². The Morgan fingerprint density at radius 3 is 2.65 bits per heavy atom. The van der Waals surface area contributed by atoms with Crippen molar-refractivity contribution in [2.75, 3.05) is 5.73 Å². The highest BCUT2D eigenvalue weighted by Crippen LogP contribution is 2.31. The van der Waals surface area contributed by atoms with E-state index in [1.807, 2.05) is 0 Å². The highest BCUT2D eigenvalue weighted by molar-refractivity contribution is 5.60. The lowest BCUT2D eigenvalue weighted by Gasteiger charge is -2.07. The van der Waals surface area contributed by atoms with Crippen LogP contribution in [-0.2, 0) is 0 Å². The highest BCUT2D eigenvalue weighted by Gasteiger charge is 2.21. The molecule has 1 aromatic carbocycles. The number of anilines is 1. The number of halogens is 1. The number of rotatable bonds is 2. The van der Waals surface area contributed by atoms with Crippen molar-refractivity contribution >= 4 is 5.69 Å². The van der Waals surface area contributed by atoms with Gasteiger partial charge in [0.15, 0.2) is 5.82 Å². The van der Waals surface area contributed by atoms with Gasteiger partial charge < -0.3 is 10.3 Å². The second-order valence-electron chi connectivity index (χ2n) is 5.39. The van der Waals surface area contributed by atoms with Crippen LogP contribution in [0.4, 0.5) is 10.1 Å². The lowest BCUT2D eigenvalue weighted by Crippen LogP contribution is -1.99. The molecule has 1 aliphatic carbocycles. The lowest BCUT2D eigenvalue weighted by molar-refractivity contribution is 0.408. The Morgan fingerprint density at radius 2 is 1.90 bits per heavy atom. The van der Waals surface area contributed by atoms with Crippen LogP contribution < -0.4 is 5.73 Å². The maximum atomic E-state index is 13.8. The number of hydrogen-bond acceptors (Lipinski definition) is 4. The minimum absolute atomic E-state index is 0.217. The third kappa shape index (κ3) is 2.66. The minimum Gasteiger partial charge on any atom is -0.399 e. The summed E-state index contributed by atoms with van der Waals surface area (Å²) in [5, 5.41) is 4.04. The summed E-state index contributed by atoms with van der Waals surface area (Å²) in [6.07, 6.45) is 7.09. The summed E-state index contributed by atoms with van der Waals surface area (Å²) < 4.78 is 19.0.